The molecule has 5 nitrogen and oxygen atoms in total. The zero-order valence-electron chi connectivity index (χ0n) is 21.2. The molecule has 0 saturated carbocycles. The Morgan fingerprint density at radius 2 is 1.97 bits per heavy atom. The highest BCUT2D eigenvalue weighted by molar-refractivity contribution is 8.02. The predicted octanol–water partition coefficient (Wildman–Crippen LogP) is 7.39. The molecule has 2 N–H and O–H groups in total. The van der Waals surface area contributed by atoms with Crippen LogP contribution >= 0.6 is 20.0 Å². The van der Waals surface area contributed by atoms with Crippen molar-refractivity contribution < 1.29 is 14.0 Å². The van der Waals surface area contributed by atoms with E-state index < -0.39 is 8.25 Å². The summed E-state index contributed by atoms with van der Waals surface area (Å²) in [5.41, 5.74) is 7.70. The summed E-state index contributed by atoms with van der Waals surface area (Å²) >= 11 is 1.85. The second kappa shape index (κ2) is 15.6. The molecular weight excluding hydrogens is 475 g/mol. The fourth-order valence-electron chi connectivity index (χ4n) is 4.52. The van der Waals surface area contributed by atoms with Crippen LogP contribution in [0, 0.1) is 0 Å². The van der Waals surface area contributed by atoms with Gasteiger partial charge >= 0.3 is 8.25 Å². The molecule has 1 aliphatic heterocycles. The topological polar surface area (TPSA) is 71.5 Å². The molecule has 1 aromatic carbocycles. The number of nitrogens with zero attached hydrogens (tertiary/aromatic N) is 1. The van der Waals surface area contributed by atoms with Gasteiger partial charge in [0.25, 0.3) is 0 Å². The molecule has 2 atom stereocenters. The monoisotopic (exact) mass is 516 g/mol. The van der Waals surface area contributed by atoms with Crippen molar-refractivity contribution in [3.63, 3.8) is 0 Å². The summed E-state index contributed by atoms with van der Waals surface area (Å²) in [6.07, 6.45) is 12.6. The highest BCUT2D eigenvalue weighted by Crippen LogP contribution is 2.42. The van der Waals surface area contributed by atoms with Crippen molar-refractivity contribution >= 4 is 20.0 Å². The molecular formula is C28H41N2O3PS. The van der Waals surface area contributed by atoms with E-state index >= 15 is 0 Å². The van der Waals surface area contributed by atoms with Gasteiger partial charge in [0.15, 0.2) is 0 Å². The van der Waals surface area contributed by atoms with E-state index in [-0.39, 0.29) is 6.61 Å². The van der Waals surface area contributed by atoms with Gasteiger partial charge in [0.05, 0.1) is 23.2 Å². The summed E-state index contributed by atoms with van der Waals surface area (Å²) in [4.78, 5) is 13.9. The van der Waals surface area contributed by atoms with E-state index in [1.807, 2.05) is 11.8 Å². The molecule has 2 unspecified atom stereocenters. The van der Waals surface area contributed by atoms with E-state index in [0.29, 0.717) is 24.8 Å². The number of hydrogen-bond acceptors (Lipinski definition) is 5. The number of rotatable bonds is 16. The summed E-state index contributed by atoms with van der Waals surface area (Å²) < 4.78 is 15.4. The van der Waals surface area contributed by atoms with Crippen LogP contribution in [-0.2, 0) is 28.5 Å². The van der Waals surface area contributed by atoms with E-state index in [1.165, 1.54) is 60.1 Å². The molecule has 3 rings (SSSR count). The van der Waals surface area contributed by atoms with Crippen LogP contribution in [0.15, 0.2) is 41.8 Å². The standard InChI is InChI=1S/C28H41N2O3PS/c1-3-5-6-7-11-22-13-14-24(20-23(22)10-4-2)26-16-15-25(21-29-17-9-18-33-34(31)32)30-28(26)27-12-8-19-35-27/h8,13-16,19-20,27,29,34H,3-7,9-12,17-18,21H2,1-2H3,(H,31,32). The van der Waals surface area contributed by atoms with Crippen molar-refractivity contribution in [3.8, 4) is 11.1 Å². The first-order chi connectivity index (χ1) is 17.1. The smallest absolute Gasteiger partial charge is 0.316 e. The Morgan fingerprint density at radius 1 is 1.09 bits per heavy atom. The van der Waals surface area contributed by atoms with Gasteiger partial charge in [-0.1, -0.05) is 69.9 Å². The second-order valence-corrected chi connectivity index (χ2v) is 11.1. The van der Waals surface area contributed by atoms with Crippen molar-refractivity contribution in [2.75, 3.05) is 13.2 Å². The molecule has 0 amide bonds. The van der Waals surface area contributed by atoms with Crippen LogP contribution in [0.2, 0.25) is 0 Å². The SMILES string of the molecule is CCCCCCc1ccc(-c2ccc(CNCCCO[PH](=O)O)nc2C2CC=CS2)cc1CCC. The molecule has 0 aliphatic carbocycles. The number of benzene rings is 1. The number of pyridine rings is 1. The first-order valence-corrected chi connectivity index (χ1v) is 15.3. The number of allylic oxidation sites excluding steroid dienone is 1. The van der Waals surface area contributed by atoms with Crippen LogP contribution in [0.1, 0.15) is 86.6 Å². The Balaban J connectivity index is 1.75. The van der Waals surface area contributed by atoms with E-state index in [9.17, 15) is 4.57 Å². The summed E-state index contributed by atoms with van der Waals surface area (Å²) in [6.45, 7) is 6.21. The highest BCUT2D eigenvalue weighted by Gasteiger charge is 2.21. The zero-order valence-corrected chi connectivity index (χ0v) is 23.0. The predicted molar refractivity (Wildman–Crippen MR) is 149 cm³/mol. The summed E-state index contributed by atoms with van der Waals surface area (Å²) in [6, 6.07) is 11.4. The lowest BCUT2D eigenvalue weighted by Gasteiger charge is -2.18. The number of aromatic nitrogens is 1. The maximum absolute atomic E-state index is 10.6. The third kappa shape index (κ3) is 9.18. The lowest BCUT2D eigenvalue weighted by Crippen LogP contribution is -2.17. The van der Waals surface area contributed by atoms with Gasteiger partial charge < -0.3 is 14.7 Å². The van der Waals surface area contributed by atoms with Crippen molar-refractivity contribution in [1.29, 1.82) is 0 Å². The Bertz CT molecular complexity index is 975. The molecule has 1 aliphatic rings. The Labute approximate surface area is 216 Å². The molecule has 35 heavy (non-hydrogen) atoms. The van der Waals surface area contributed by atoms with Gasteiger partial charge in [-0.2, -0.15) is 0 Å². The summed E-state index contributed by atoms with van der Waals surface area (Å²) in [5, 5.41) is 5.92. The molecule has 0 bridgehead atoms. The van der Waals surface area contributed by atoms with Gasteiger partial charge in [-0.25, -0.2) is 0 Å². The average molecular weight is 517 g/mol. The zero-order chi connectivity index (χ0) is 24.9. The van der Waals surface area contributed by atoms with Crippen LogP contribution in [0.25, 0.3) is 11.1 Å². The summed E-state index contributed by atoms with van der Waals surface area (Å²) in [5.74, 6) is 0. The molecule has 192 valence electrons. The minimum atomic E-state index is -2.83. The lowest BCUT2D eigenvalue weighted by molar-refractivity contribution is 0.276. The average Bonchev–Trinajstić information content (AvgIpc) is 3.40. The van der Waals surface area contributed by atoms with E-state index in [2.05, 4.69) is 61.0 Å². The second-order valence-electron chi connectivity index (χ2n) is 9.16. The van der Waals surface area contributed by atoms with Gasteiger partial charge in [-0.05, 0) is 66.8 Å². The fourth-order valence-corrected chi connectivity index (χ4v) is 5.78. The van der Waals surface area contributed by atoms with Crippen LogP contribution in [-0.4, -0.2) is 23.0 Å². The van der Waals surface area contributed by atoms with Crippen molar-refractivity contribution in [2.45, 2.75) is 83.4 Å². The number of aryl methyl sites for hydroxylation is 2. The third-order valence-electron chi connectivity index (χ3n) is 6.34. The van der Waals surface area contributed by atoms with E-state index in [1.54, 1.807) is 0 Å². The maximum atomic E-state index is 10.6. The highest BCUT2D eigenvalue weighted by atomic mass is 32.2. The van der Waals surface area contributed by atoms with Gasteiger partial charge in [-0.15, -0.1) is 11.8 Å². The Hall–Kier alpha value is -1.43. The number of thioether (sulfide) groups is 1. The Kier molecular flexibility index (Phi) is 12.6. The van der Waals surface area contributed by atoms with Gasteiger partial charge in [-0.3, -0.25) is 9.55 Å². The third-order valence-corrected chi connectivity index (χ3v) is 7.89. The Morgan fingerprint density at radius 3 is 2.71 bits per heavy atom. The summed E-state index contributed by atoms with van der Waals surface area (Å²) in [7, 11) is -2.83. The van der Waals surface area contributed by atoms with Gasteiger partial charge in [0, 0.05) is 12.1 Å². The van der Waals surface area contributed by atoms with Crippen molar-refractivity contribution in [2.24, 2.45) is 0 Å². The van der Waals surface area contributed by atoms with Crippen LogP contribution in [0.4, 0.5) is 0 Å². The lowest BCUT2D eigenvalue weighted by atomic mass is 9.92. The van der Waals surface area contributed by atoms with E-state index in [4.69, 9.17) is 14.4 Å². The quantitative estimate of drug-likeness (QED) is 0.179. The maximum Gasteiger partial charge on any atom is 0.316 e. The molecule has 0 spiro atoms. The largest absolute Gasteiger partial charge is 0.326 e. The van der Waals surface area contributed by atoms with Gasteiger partial charge in [0.2, 0.25) is 0 Å². The van der Waals surface area contributed by atoms with E-state index in [0.717, 1.165) is 25.0 Å². The minimum Gasteiger partial charge on any atom is -0.326 e. The molecule has 7 heteroatoms. The van der Waals surface area contributed by atoms with Crippen LogP contribution in [0.3, 0.4) is 0 Å². The fraction of sp³-hybridized carbons (Fsp3) is 0.536. The first-order valence-electron chi connectivity index (χ1n) is 13.1. The van der Waals surface area contributed by atoms with Crippen LogP contribution < -0.4 is 5.32 Å². The molecule has 0 fully saturated rings. The van der Waals surface area contributed by atoms with Crippen molar-refractivity contribution in [1.82, 2.24) is 10.3 Å². The molecule has 2 aromatic rings. The molecule has 2 heterocycles. The molecule has 1 aromatic heterocycles. The number of hydrogen-bond donors (Lipinski definition) is 2. The first kappa shape index (κ1) is 28.1. The minimum absolute atomic E-state index is 0.290. The van der Waals surface area contributed by atoms with Gasteiger partial charge in [0.1, 0.15) is 0 Å². The number of unbranched alkanes of at least 4 members (excludes halogenated alkanes) is 3. The molecule has 0 saturated heterocycles. The van der Waals surface area contributed by atoms with Crippen molar-refractivity contribution in [3.05, 3.63) is 64.3 Å². The normalized spacial score (nSPS) is 16.1. The molecule has 0 radical (unpaired) electrons. The van der Waals surface area contributed by atoms with Crippen LogP contribution in [0.5, 0.6) is 0 Å². The number of nitrogens with one attached hydrogen (secondary N) is 1.